The Hall–Kier alpha value is -3.22. The van der Waals surface area contributed by atoms with Crippen molar-refractivity contribution in [2.45, 2.75) is 32.4 Å². The van der Waals surface area contributed by atoms with Gasteiger partial charge in [0.05, 0.1) is 19.2 Å². The summed E-state index contributed by atoms with van der Waals surface area (Å²) in [6, 6.07) is 14.7. The Morgan fingerprint density at radius 3 is 2.66 bits per heavy atom. The smallest absolute Gasteiger partial charge is 0.315 e. The fraction of sp³-hybridized carbons (Fsp3) is 0.364. The Morgan fingerprint density at radius 1 is 1.14 bits per heavy atom. The third-order valence-electron chi connectivity index (χ3n) is 4.98. The van der Waals surface area contributed by atoms with E-state index in [-0.39, 0.29) is 24.5 Å². The van der Waals surface area contributed by atoms with E-state index in [0.717, 1.165) is 29.7 Å². The number of nitrogens with one attached hydrogen (secondary N) is 2. The zero-order valence-corrected chi connectivity index (χ0v) is 16.7. The van der Waals surface area contributed by atoms with Crippen LogP contribution < -0.4 is 21.1 Å². The number of benzene rings is 2. The molecule has 1 saturated heterocycles. The third kappa shape index (κ3) is 5.40. The minimum Gasteiger partial charge on any atom is -0.494 e. The van der Waals surface area contributed by atoms with Crippen LogP contribution in [0.3, 0.4) is 0 Å². The third-order valence-corrected chi connectivity index (χ3v) is 4.98. The lowest BCUT2D eigenvalue weighted by Gasteiger charge is -2.26. The molecule has 1 atom stereocenters. The lowest BCUT2D eigenvalue weighted by Crippen LogP contribution is -2.43. The summed E-state index contributed by atoms with van der Waals surface area (Å²) in [5, 5.41) is 5.41. The quantitative estimate of drug-likeness (QED) is 0.627. The highest BCUT2D eigenvalue weighted by Crippen LogP contribution is 2.36. The number of nitrogen functional groups attached to an aromatic ring is 1. The fourth-order valence-corrected chi connectivity index (χ4v) is 3.57. The van der Waals surface area contributed by atoms with E-state index >= 15 is 0 Å². The molecular formula is C22H28N4O3. The van der Waals surface area contributed by atoms with Crippen LogP contribution in [-0.2, 0) is 11.3 Å². The molecule has 0 spiro atoms. The number of amides is 3. The second kappa shape index (κ2) is 9.82. The zero-order chi connectivity index (χ0) is 20.6. The predicted octanol–water partition coefficient (Wildman–Crippen LogP) is 2.83. The molecule has 0 radical (unpaired) electrons. The molecule has 0 bridgehead atoms. The minimum absolute atomic E-state index is 0.0233. The molecule has 0 aromatic heterocycles. The Balaban J connectivity index is 1.53. The van der Waals surface area contributed by atoms with Crippen molar-refractivity contribution >= 4 is 17.6 Å². The summed E-state index contributed by atoms with van der Waals surface area (Å²) in [4.78, 5) is 26.6. The molecule has 7 heteroatoms. The highest BCUT2D eigenvalue weighted by Gasteiger charge is 2.31. The molecule has 3 amide bonds. The Kier molecular flexibility index (Phi) is 6.94. The van der Waals surface area contributed by atoms with Crippen molar-refractivity contribution in [3.8, 4) is 5.75 Å². The first-order chi connectivity index (χ1) is 14.1. The molecule has 2 aromatic carbocycles. The van der Waals surface area contributed by atoms with E-state index < -0.39 is 0 Å². The van der Waals surface area contributed by atoms with Crippen molar-refractivity contribution in [3.63, 3.8) is 0 Å². The van der Waals surface area contributed by atoms with Gasteiger partial charge in [0, 0.05) is 24.3 Å². The van der Waals surface area contributed by atoms with Gasteiger partial charge in [0.1, 0.15) is 5.75 Å². The van der Waals surface area contributed by atoms with E-state index in [1.54, 1.807) is 12.1 Å². The normalized spacial score (nSPS) is 15.8. The summed E-state index contributed by atoms with van der Waals surface area (Å²) < 4.78 is 5.73. The number of carbonyl (C=O) groups is 2. The van der Waals surface area contributed by atoms with Crippen molar-refractivity contribution in [1.29, 1.82) is 0 Å². The summed E-state index contributed by atoms with van der Waals surface area (Å²) in [6.07, 6.45) is 1.82. The van der Waals surface area contributed by atoms with Gasteiger partial charge in [-0.3, -0.25) is 4.79 Å². The van der Waals surface area contributed by atoms with Crippen LogP contribution in [0.1, 0.15) is 36.9 Å². The second-order valence-corrected chi connectivity index (χ2v) is 6.99. The number of urea groups is 1. The van der Waals surface area contributed by atoms with E-state index in [0.29, 0.717) is 25.4 Å². The number of hydrogen-bond donors (Lipinski definition) is 3. The summed E-state index contributed by atoms with van der Waals surface area (Å²) in [5.41, 5.74) is 8.29. The molecule has 7 nitrogen and oxygen atoms in total. The maximum atomic E-state index is 12.7. The summed E-state index contributed by atoms with van der Waals surface area (Å²) in [6.45, 7) is 3.53. The van der Waals surface area contributed by atoms with Crippen molar-refractivity contribution in [3.05, 3.63) is 59.7 Å². The fourth-order valence-electron chi connectivity index (χ4n) is 3.57. The number of likely N-dealkylation sites (tertiary alicyclic amines) is 1. The van der Waals surface area contributed by atoms with Gasteiger partial charge in [0.25, 0.3) is 0 Å². The van der Waals surface area contributed by atoms with Gasteiger partial charge >= 0.3 is 6.03 Å². The van der Waals surface area contributed by atoms with Crippen molar-refractivity contribution in [2.24, 2.45) is 0 Å². The highest BCUT2D eigenvalue weighted by molar-refractivity contribution is 5.84. The molecule has 154 valence electrons. The van der Waals surface area contributed by atoms with Crippen LogP contribution in [0.25, 0.3) is 0 Å². The van der Waals surface area contributed by atoms with Gasteiger partial charge < -0.3 is 26.0 Å². The number of nitrogens with two attached hydrogens (primary N) is 1. The standard InChI is InChI=1S/C22H28N4O3/c1-2-29-20-8-4-3-6-18(20)19-7-5-13-26(19)21(27)15-25-22(28)24-14-16-9-11-17(23)12-10-16/h3-4,6,8-12,19H,2,5,7,13-15,23H2,1H3,(H2,24,25,28). The van der Waals surface area contributed by atoms with Gasteiger partial charge in [-0.25, -0.2) is 4.79 Å². The molecule has 4 N–H and O–H groups in total. The molecule has 0 aliphatic carbocycles. The van der Waals surface area contributed by atoms with Gasteiger partial charge in [-0.05, 0) is 43.5 Å². The van der Waals surface area contributed by atoms with Crippen LogP contribution in [0.4, 0.5) is 10.5 Å². The van der Waals surface area contributed by atoms with Crippen LogP contribution in [0, 0.1) is 0 Å². The van der Waals surface area contributed by atoms with Gasteiger partial charge in [-0.15, -0.1) is 0 Å². The number of anilines is 1. The topological polar surface area (TPSA) is 96.7 Å². The van der Waals surface area contributed by atoms with E-state index in [2.05, 4.69) is 10.6 Å². The number of nitrogens with zero attached hydrogens (tertiary/aromatic N) is 1. The molecular weight excluding hydrogens is 368 g/mol. The number of rotatable bonds is 7. The Labute approximate surface area is 171 Å². The number of ether oxygens (including phenoxy) is 1. The molecule has 29 heavy (non-hydrogen) atoms. The Bertz CT molecular complexity index is 838. The first kappa shape index (κ1) is 20.5. The molecule has 1 fully saturated rings. The maximum absolute atomic E-state index is 12.7. The molecule has 1 unspecified atom stereocenters. The summed E-state index contributed by atoms with van der Waals surface area (Å²) >= 11 is 0. The molecule has 0 saturated carbocycles. The van der Waals surface area contributed by atoms with Gasteiger partial charge in [-0.2, -0.15) is 0 Å². The lowest BCUT2D eigenvalue weighted by atomic mass is 10.0. The second-order valence-electron chi connectivity index (χ2n) is 6.99. The largest absolute Gasteiger partial charge is 0.494 e. The zero-order valence-electron chi connectivity index (χ0n) is 16.7. The number of para-hydroxylation sites is 1. The van der Waals surface area contributed by atoms with E-state index in [1.807, 2.05) is 48.2 Å². The average Bonchev–Trinajstić information content (AvgIpc) is 3.22. The van der Waals surface area contributed by atoms with Crippen LogP contribution in [0.2, 0.25) is 0 Å². The highest BCUT2D eigenvalue weighted by atomic mass is 16.5. The summed E-state index contributed by atoms with van der Waals surface area (Å²) in [5.74, 6) is 0.718. The van der Waals surface area contributed by atoms with Crippen LogP contribution >= 0.6 is 0 Å². The van der Waals surface area contributed by atoms with Crippen molar-refractivity contribution < 1.29 is 14.3 Å². The molecule has 1 aliphatic rings. The first-order valence-electron chi connectivity index (χ1n) is 9.95. The molecule has 1 heterocycles. The number of carbonyl (C=O) groups excluding carboxylic acids is 2. The monoisotopic (exact) mass is 396 g/mol. The van der Waals surface area contributed by atoms with Gasteiger partial charge in [-0.1, -0.05) is 30.3 Å². The minimum atomic E-state index is -0.374. The summed E-state index contributed by atoms with van der Waals surface area (Å²) in [7, 11) is 0. The van der Waals surface area contributed by atoms with Crippen LogP contribution in [0.15, 0.2) is 48.5 Å². The molecule has 2 aromatic rings. The van der Waals surface area contributed by atoms with E-state index in [1.165, 1.54) is 0 Å². The molecule has 3 rings (SSSR count). The van der Waals surface area contributed by atoms with Crippen molar-refractivity contribution in [1.82, 2.24) is 15.5 Å². The van der Waals surface area contributed by atoms with Crippen LogP contribution in [-0.4, -0.2) is 36.5 Å². The predicted molar refractivity (Wildman–Crippen MR) is 112 cm³/mol. The first-order valence-corrected chi connectivity index (χ1v) is 9.95. The lowest BCUT2D eigenvalue weighted by molar-refractivity contribution is -0.131. The maximum Gasteiger partial charge on any atom is 0.315 e. The van der Waals surface area contributed by atoms with Gasteiger partial charge in [0.2, 0.25) is 5.91 Å². The van der Waals surface area contributed by atoms with Gasteiger partial charge in [0.15, 0.2) is 0 Å². The van der Waals surface area contributed by atoms with E-state index in [4.69, 9.17) is 10.5 Å². The average molecular weight is 396 g/mol. The molecule has 1 aliphatic heterocycles. The SMILES string of the molecule is CCOc1ccccc1C1CCCN1C(=O)CNC(=O)NCc1ccc(N)cc1. The van der Waals surface area contributed by atoms with Crippen molar-refractivity contribution in [2.75, 3.05) is 25.4 Å². The van der Waals surface area contributed by atoms with E-state index in [9.17, 15) is 9.59 Å². The Morgan fingerprint density at radius 2 is 1.90 bits per heavy atom. The number of hydrogen-bond acceptors (Lipinski definition) is 4. The van der Waals surface area contributed by atoms with Crippen LogP contribution in [0.5, 0.6) is 5.75 Å².